The summed E-state index contributed by atoms with van der Waals surface area (Å²) in [4.78, 5) is 49.3. The molecule has 1 N–H and O–H groups in total. The Bertz CT molecular complexity index is 1190. The third kappa shape index (κ3) is 5.93. The van der Waals surface area contributed by atoms with Gasteiger partial charge in [-0.1, -0.05) is 12.8 Å². The van der Waals surface area contributed by atoms with Gasteiger partial charge in [-0.2, -0.15) is 9.97 Å². The Labute approximate surface area is 226 Å². The van der Waals surface area contributed by atoms with Crippen LogP contribution in [0.5, 0.6) is 0 Å². The first-order valence-electron chi connectivity index (χ1n) is 13.4. The molecule has 3 fully saturated rings. The maximum atomic E-state index is 12.7. The molecular formula is C26H34ClN5O6. The van der Waals surface area contributed by atoms with Crippen molar-refractivity contribution >= 4 is 46.4 Å². The number of nitrogens with one attached hydrogen (secondary N) is 1. The zero-order valence-electron chi connectivity index (χ0n) is 21.6. The van der Waals surface area contributed by atoms with E-state index >= 15 is 0 Å². The molecule has 1 amide bonds. The molecule has 0 radical (unpaired) electrons. The number of hydrogen-bond acceptors (Lipinski definition) is 9. The number of aromatic nitrogens is 4. The standard InChI is InChI=1S/C26H34ClN5O6/c1-36-17(14-37-24(35)16-6-11-26(12-7-16)9-2-3-10-26)8-13-32-15-28-20-21(30-25(27)31-22(20)32)29-23(34)18-4-5-19(33)38-18/h15-18H,2-14H2,1H3,(H,29,30,31,34). The maximum absolute atomic E-state index is 12.7. The highest BCUT2D eigenvalue weighted by Gasteiger charge is 2.39. The van der Waals surface area contributed by atoms with Crippen molar-refractivity contribution in [3.05, 3.63) is 11.6 Å². The normalized spacial score (nSPS) is 22.1. The quantitative estimate of drug-likeness (QED) is 0.367. The molecule has 3 heterocycles. The maximum Gasteiger partial charge on any atom is 0.309 e. The van der Waals surface area contributed by atoms with Crippen LogP contribution >= 0.6 is 11.6 Å². The Morgan fingerprint density at radius 2 is 1.97 bits per heavy atom. The fourth-order valence-corrected chi connectivity index (χ4v) is 6.18. The van der Waals surface area contributed by atoms with Gasteiger partial charge in [0.1, 0.15) is 6.61 Å². The van der Waals surface area contributed by atoms with Gasteiger partial charge in [0.15, 0.2) is 23.1 Å². The van der Waals surface area contributed by atoms with Gasteiger partial charge >= 0.3 is 11.9 Å². The molecule has 3 aliphatic rings. The second-order valence-electron chi connectivity index (χ2n) is 10.7. The topological polar surface area (TPSA) is 135 Å². The first-order valence-corrected chi connectivity index (χ1v) is 13.8. The van der Waals surface area contributed by atoms with E-state index in [1.54, 1.807) is 18.0 Å². The third-order valence-electron chi connectivity index (χ3n) is 8.34. The Morgan fingerprint density at radius 1 is 1.21 bits per heavy atom. The van der Waals surface area contributed by atoms with E-state index in [1.165, 1.54) is 25.7 Å². The number of amides is 1. The molecule has 2 aromatic heterocycles. The van der Waals surface area contributed by atoms with Crippen LogP contribution in [0.25, 0.3) is 11.2 Å². The predicted molar refractivity (Wildman–Crippen MR) is 137 cm³/mol. The SMILES string of the molecule is COC(CCn1cnc2c(NC(=O)C3CCC(=O)O3)nc(Cl)nc21)COC(=O)C1CCC2(CCCC2)CC1. The molecular weight excluding hydrogens is 514 g/mol. The number of halogens is 1. The van der Waals surface area contributed by atoms with Crippen LogP contribution < -0.4 is 5.32 Å². The fourth-order valence-electron chi connectivity index (χ4n) is 6.01. The summed E-state index contributed by atoms with van der Waals surface area (Å²) in [6.07, 6.45) is 10.8. The summed E-state index contributed by atoms with van der Waals surface area (Å²) in [6.45, 7) is 0.653. The third-order valence-corrected chi connectivity index (χ3v) is 8.50. The minimum Gasteiger partial charge on any atom is -0.463 e. The van der Waals surface area contributed by atoms with Crippen molar-refractivity contribution in [3.8, 4) is 0 Å². The lowest BCUT2D eigenvalue weighted by Gasteiger charge is -2.36. The second kappa shape index (κ2) is 11.5. The highest BCUT2D eigenvalue weighted by molar-refractivity contribution is 6.28. The number of nitrogens with zero attached hydrogens (tertiary/aromatic N) is 4. The summed E-state index contributed by atoms with van der Waals surface area (Å²) in [5, 5.41) is 2.59. The zero-order valence-corrected chi connectivity index (χ0v) is 22.4. The number of carbonyl (C=O) groups excluding carboxylic acids is 3. The lowest BCUT2D eigenvalue weighted by atomic mass is 9.69. The van der Waals surface area contributed by atoms with E-state index in [-0.39, 0.29) is 42.1 Å². The van der Waals surface area contributed by atoms with Gasteiger partial charge in [-0.25, -0.2) is 4.98 Å². The average Bonchev–Trinajstić information content (AvgIpc) is 3.65. The van der Waals surface area contributed by atoms with Crippen molar-refractivity contribution in [3.63, 3.8) is 0 Å². The van der Waals surface area contributed by atoms with Crippen LogP contribution in [-0.4, -0.2) is 63.3 Å². The van der Waals surface area contributed by atoms with Crippen LogP contribution in [0.15, 0.2) is 6.33 Å². The summed E-state index contributed by atoms with van der Waals surface area (Å²) in [5.74, 6) is -0.887. The first-order chi connectivity index (χ1) is 18.4. The van der Waals surface area contributed by atoms with Gasteiger partial charge in [0, 0.05) is 26.5 Å². The van der Waals surface area contributed by atoms with E-state index < -0.39 is 18.0 Å². The molecule has 1 aliphatic heterocycles. The Kier molecular flexibility index (Phi) is 8.13. The number of aryl methyl sites for hydroxylation is 1. The number of ether oxygens (including phenoxy) is 3. The summed E-state index contributed by atoms with van der Waals surface area (Å²) < 4.78 is 18.0. The minimum absolute atomic E-state index is 0.0171. The molecule has 0 aromatic carbocycles. The van der Waals surface area contributed by atoms with Gasteiger partial charge in [-0.3, -0.25) is 14.4 Å². The summed E-state index contributed by atoms with van der Waals surface area (Å²) >= 11 is 6.12. The number of fused-ring (bicyclic) bond motifs is 1. The smallest absolute Gasteiger partial charge is 0.309 e. The van der Waals surface area contributed by atoms with Gasteiger partial charge in [-0.05, 0) is 62.0 Å². The Balaban J connectivity index is 1.15. The largest absolute Gasteiger partial charge is 0.463 e. The van der Waals surface area contributed by atoms with Crippen molar-refractivity contribution in [1.29, 1.82) is 0 Å². The predicted octanol–water partition coefficient (Wildman–Crippen LogP) is 3.82. The molecule has 206 valence electrons. The van der Waals surface area contributed by atoms with Crippen molar-refractivity contribution in [2.75, 3.05) is 19.0 Å². The van der Waals surface area contributed by atoms with Crippen molar-refractivity contribution in [2.24, 2.45) is 11.3 Å². The molecule has 2 atom stereocenters. The lowest BCUT2D eigenvalue weighted by molar-refractivity contribution is -0.154. The summed E-state index contributed by atoms with van der Waals surface area (Å²) in [6, 6.07) is 0. The number of rotatable bonds is 9. The molecule has 2 aliphatic carbocycles. The van der Waals surface area contributed by atoms with E-state index in [4.69, 9.17) is 25.8 Å². The molecule has 2 aromatic rings. The van der Waals surface area contributed by atoms with E-state index in [1.807, 2.05) is 0 Å². The second-order valence-corrected chi connectivity index (χ2v) is 11.1. The molecule has 11 nitrogen and oxygen atoms in total. The zero-order chi connectivity index (χ0) is 26.7. The van der Waals surface area contributed by atoms with E-state index in [9.17, 15) is 14.4 Å². The minimum atomic E-state index is -0.865. The van der Waals surface area contributed by atoms with Gasteiger partial charge < -0.3 is 24.1 Å². The number of hydrogen-bond donors (Lipinski definition) is 1. The van der Waals surface area contributed by atoms with Crippen LogP contribution in [0.4, 0.5) is 5.82 Å². The fraction of sp³-hybridized carbons (Fsp3) is 0.692. The monoisotopic (exact) mass is 547 g/mol. The molecule has 2 unspecified atom stereocenters. The van der Waals surface area contributed by atoms with Crippen molar-refractivity contribution in [2.45, 2.75) is 89.4 Å². The number of anilines is 1. The molecule has 38 heavy (non-hydrogen) atoms. The highest BCUT2D eigenvalue weighted by atomic mass is 35.5. The van der Waals surface area contributed by atoms with Gasteiger partial charge in [0.2, 0.25) is 5.28 Å². The van der Waals surface area contributed by atoms with Crippen molar-refractivity contribution < 1.29 is 28.6 Å². The van der Waals surface area contributed by atoms with E-state index in [0.29, 0.717) is 36.0 Å². The molecule has 1 saturated heterocycles. The van der Waals surface area contributed by atoms with Gasteiger partial charge in [0.05, 0.1) is 18.3 Å². The van der Waals surface area contributed by atoms with Crippen LogP contribution in [0.3, 0.4) is 0 Å². The molecule has 5 rings (SSSR count). The molecule has 12 heteroatoms. The van der Waals surface area contributed by atoms with Gasteiger partial charge in [0.25, 0.3) is 5.91 Å². The highest BCUT2D eigenvalue weighted by Crippen LogP contribution is 2.50. The number of esters is 2. The Morgan fingerprint density at radius 3 is 2.66 bits per heavy atom. The average molecular weight is 548 g/mol. The van der Waals surface area contributed by atoms with Crippen molar-refractivity contribution in [1.82, 2.24) is 19.5 Å². The number of imidazole rings is 1. The van der Waals surface area contributed by atoms with E-state index in [0.717, 1.165) is 25.7 Å². The number of methoxy groups -OCH3 is 1. The van der Waals surface area contributed by atoms with Crippen LogP contribution in [0.1, 0.15) is 70.6 Å². The summed E-state index contributed by atoms with van der Waals surface area (Å²) in [7, 11) is 1.59. The van der Waals surface area contributed by atoms with Crippen LogP contribution in [0.2, 0.25) is 5.28 Å². The summed E-state index contributed by atoms with van der Waals surface area (Å²) in [5.41, 5.74) is 1.29. The molecule has 2 saturated carbocycles. The van der Waals surface area contributed by atoms with Crippen LogP contribution in [-0.2, 0) is 35.1 Å². The Hall–Kier alpha value is -2.79. The lowest BCUT2D eigenvalue weighted by Crippen LogP contribution is -2.31. The molecule has 0 bridgehead atoms. The first kappa shape index (κ1) is 26.8. The number of cyclic esters (lactones) is 1. The number of carbonyl (C=O) groups is 3. The van der Waals surface area contributed by atoms with Crippen LogP contribution in [0, 0.1) is 11.3 Å². The molecule has 1 spiro atoms. The van der Waals surface area contributed by atoms with E-state index in [2.05, 4.69) is 20.3 Å². The van der Waals surface area contributed by atoms with Gasteiger partial charge in [-0.15, -0.1) is 0 Å².